The zero-order valence-corrected chi connectivity index (χ0v) is 28.4. The van der Waals surface area contributed by atoms with Crippen LogP contribution in [0.2, 0.25) is 0 Å². The van der Waals surface area contributed by atoms with Crippen molar-refractivity contribution in [1.29, 1.82) is 0 Å². The van der Waals surface area contributed by atoms with Gasteiger partial charge >= 0.3 is 10.2 Å². The van der Waals surface area contributed by atoms with Crippen molar-refractivity contribution in [2.75, 3.05) is 40.8 Å². The van der Waals surface area contributed by atoms with E-state index in [1.165, 1.54) is 55.7 Å². The number of carbonyl (C=O) groups excluding carboxylic acids is 2. The predicted octanol–water partition coefficient (Wildman–Crippen LogP) is 5.32. The van der Waals surface area contributed by atoms with Gasteiger partial charge in [0.2, 0.25) is 5.91 Å². The SMILES string of the molecule is CCN(C)CC1CCCN1C(=O)[C@]12C[C@H]1c1ccccc1-c1c(C3CCCCC3)c3ccc(C(=O)NS(=O)(=O)N(C)C)cc3n1C2. The quantitative estimate of drug-likeness (QED) is 0.358. The highest BCUT2D eigenvalue weighted by molar-refractivity contribution is 7.87. The van der Waals surface area contributed by atoms with E-state index < -0.39 is 21.5 Å². The number of hydrogen-bond donors (Lipinski definition) is 1. The second-order valence-corrected chi connectivity index (χ2v) is 16.2. The molecule has 1 N–H and O–H groups in total. The molecular weight excluding hydrogens is 598 g/mol. The van der Waals surface area contributed by atoms with Crippen LogP contribution in [0.5, 0.6) is 0 Å². The minimum atomic E-state index is -3.95. The summed E-state index contributed by atoms with van der Waals surface area (Å²) in [4.78, 5) is 32.6. The molecule has 3 heterocycles. The molecule has 2 amide bonds. The van der Waals surface area contributed by atoms with Crippen LogP contribution in [0, 0.1) is 5.41 Å². The Morgan fingerprint density at radius 3 is 2.50 bits per heavy atom. The van der Waals surface area contributed by atoms with E-state index in [4.69, 9.17) is 0 Å². The number of carbonyl (C=O) groups is 2. The Hall–Kier alpha value is -3.21. The molecule has 2 saturated carbocycles. The molecule has 9 nitrogen and oxygen atoms in total. The molecule has 1 unspecified atom stereocenters. The van der Waals surface area contributed by atoms with Gasteiger partial charge in [0, 0.05) is 67.7 Å². The maximum absolute atomic E-state index is 14.8. The third-order valence-electron chi connectivity index (χ3n) is 11.3. The number of aromatic nitrogens is 1. The first kappa shape index (κ1) is 31.4. The number of rotatable bonds is 8. The molecular formula is C36H47N5O4S. The Bertz CT molecular complexity index is 1790. The molecule has 3 aromatic rings. The number of likely N-dealkylation sites (tertiary alicyclic amines) is 1. The van der Waals surface area contributed by atoms with Gasteiger partial charge in [0.1, 0.15) is 0 Å². The molecule has 2 aliphatic carbocycles. The molecule has 3 atom stereocenters. The van der Waals surface area contributed by atoms with Gasteiger partial charge in [-0.15, -0.1) is 0 Å². The summed E-state index contributed by atoms with van der Waals surface area (Å²) < 4.78 is 30.6. The van der Waals surface area contributed by atoms with Gasteiger partial charge in [-0.05, 0) is 74.9 Å². The Balaban J connectivity index is 1.38. The topological polar surface area (TPSA) is 95.0 Å². The summed E-state index contributed by atoms with van der Waals surface area (Å²) in [6.45, 7) is 5.35. The van der Waals surface area contributed by atoms with Crippen LogP contribution in [0.15, 0.2) is 42.5 Å². The van der Waals surface area contributed by atoms with E-state index in [0.717, 1.165) is 66.9 Å². The fraction of sp³-hybridized carbons (Fsp3) is 0.556. The van der Waals surface area contributed by atoms with Crippen LogP contribution in [0.25, 0.3) is 22.2 Å². The average molecular weight is 646 g/mol. The molecule has 0 bridgehead atoms. The van der Waals surface area contributed by atoms with Gasteiger partial charge in [0.15, 0.2) is 0 Å². The third kappa shape index (κ3) is 5.17. The van der Waals surface area contributed by atoms with E-state index >= 15 is 0 Å². The van der Waals surface area contributed by atoms with Gasteiger partial charge in [0.25, 0.3) is 5.91 Å². The highest BCUT2D eigenvalue weighted by Gasteiger charge is 2.64. The van der Waals surface area contributed by atoms with E-state index in [1.54, 1.807) is 6.07 Å². The van der Waals surface area contributed by atoms with Crippen molar-refractivity contribution in [2.24, 2.45) is 5.41 Å². The van der Waals surface area contributed by atoms with E-state index in [9.17, 15) is 18.0 Å². The van der Waals surface area contributed by atoms with Gasteiger partial charge in [-0.2, -0.15) is 12.7 Å². The summed E-state index contributed by atoms with van der Waals surface area (Å²) >= 11 is 0. The maximum atomic E-state index is 14.8. The number of likely N-dealkylation sites (N-methyl/N-ethyl adjacent to an activating group) is 1. The molecule has 1 saturated heterocycles. The number of amides is 2. The molecule has 10 heteroatoms. The van der Waals surface area contributed by atoms with Crippen molar-refractivity contribution < 1.29 is 18.0 Å². The normalized spacial score (nSPS) is 24.5. The molecule has 2 aliphatic heterocycles. The van der Waals surface area contributed by atoms with E-state index in [2.05, 4.69) is 57.3 Å². The lowest BCUT2D eigenvalue weighted by Gasteiger charge is -2.32. The molecule has 46 heavy (non-hydrogen) atoms. The van der Waals surface area contributed by atoms with Crippen LogP contribution in [0.4, 0.5) is 0 Å². The molecule has 7 rings (SSSR count). The molecule has 3 fully saturated rings. The van der Waals surface area contributed by atoms with Crippen molar-refractivity contribution in [3.8, 4) is 11.3 Å². The highest BCUT2D eigenvalue weighted by Crippen LogP contribution is 2.66. The van der Waals surface area contributed by atoms with Crippen molar-refractivity contribution in [3.63, 3.8) is 0 Å². The lowest BCUT2D eigenvalue weighted by Crippen LogP contribution is -2.46. The molecule has 0 radical (unpaired) electrons. The number of fused-ring (bicyclic) bond motifs is 7. The minimum Gasteiger partial charge on any atom is -0.339 e. The van der Waals surface area contributed by atoms with Gasteiger partial charge in [-0.1, -0.05) is 56.5 Å². The highest BCUT2D eigenvalue weighted by atomic mass is 32.2. The smallest absolute Gasteiger partial charge is 0.303 e. The monoisotopic (exact) mass is 645 g/mol. The van der Waals surface area contributed by atoms with Gasteiger partial charge in [-0.3, -0.25) is 9.59 Å². The third-order valence-corrected chi connectivity index (χ3v) is 12.7. The van der Waals surface area contributed by atoms with Gasteiger partial charge in [0.05, 0.1) is 11.1 Å². The Morgan fingerprint density at radius 2 is 1.76 bits per heavy atom. The molecule has 1 aromatic heterocycles. The standard InChI is InChI=1S/C36H47N5O4S/c1-5-39(4)22-26-14-11-19-40(26)35(43)36-21-30(36)27-15-9-10-16-28(27)33-32(24-12-7-6-8-13-24)29-18-17-25(20-31(29)41(33)23-36)34(42)37-46(44,45)38(2)3/h9-10,15-18,20,24,26,30H,5-8,11-14,19,21-23H2,1-4H3,(H,37,42)/t26?,30-,36-/m0/s1. The molecule has 246 valence electrons. The first-order valence-corrected chi connectivity index (χ1v) is 18.5. The summed E-state index contributed by atoms with van der Waals surface area (Å²) in [5.41, 5.74) is 5.61. The Labute approximate surface area is 273 Å². The first-order valence-electron chi connectivity index (χ1n) is 17.1. The zero-order chi connectivity index (χ0) is 32.4. The maximum Gasteiger partial charge on any atom is 0.303 e. The Kier molecular flexibility index (Phi) is 8.05. The molecule has 0 spiro atoms. The number of nitrogens with one attached hydrogen (secondary N) is 1. The summed E-state index contributed by atoms with van der Waals surface area (Å²) in [6, 6.07) is 14.5. The minimum absolute atomic E-state index is 0.146. The van der Waals surface area contributed by atoms with Crippen LogP contribution in [-0.2, 0) is 21.5 Å². The average Bonchev–Trinajstić information content (AvgIpc) is 3.49. The van der Waals surface area contributed by atoms with Crippen LogP contribution >= 0.6 is 0 Å². The fourth-order valence-electron chi connectivity index (χ4n) is 8.60. The summed E-state index contributed by atoms with van der Waals surface area (Å²) in [5.74, 6) is 0.142. The Morgan fingerprint density at radius 1 is 1.00 bits per heavy atom. The number of hydrogen-bond acceptors (Lipinski definition) is 5. The van der Waals surface area contributed by atoms with Crippen LogP contribution < -0.4 is 4.72 Å². The van der Waals surface area contributed by atoms with Crippen molar-refractivity contribution in [1.82, 2.24) is 23.4 Å². The summed E-state index contributed by atoms with van der Waals surface area (Å²) in [5, 5.41) is 1.11. The number of benzene rings is 2. The second-order valence-electron chi connectivity index (χ2n) is 14.3. The molecule has 4 aliphatic rings. The van der Waals surface area contributed by atoms with Crippen molar-refractivity contribution >= 4 is 32.9 Å². The van der Waals surface area contributed by atoms with E-state index in [-0.39, 0.29) is 17.9 Å². The summed E-state index contributed by atoms with van der Waals surface area (Å²) in [6.07, 6.45) is 8.74. The van der Waals surface area contributed by atoms with E-state index in [1.807, 2.05) is 12.1 Å². The first-order chi connectivity index (χ1) is 22.1. The fourth-order valence-corrected chi connectivity index (χ4v) is 9.14. The van der Waals surface area contributed by atoms with Crippen LogP contribution in [0.3, 0.4) is 0 Å². The van der Waals surface area contributed by atoms with Crippen molar-refractivity contribution in [3.05, 3.63) is 59.2 Å². The van der Waals surface area contributed by atoms with E-state index in [0.29, 0.717) is 18.0 Å². The lowest BCUT2D eigenvalue weighted by atomic mass is 9.81. The number of nitrogens with zero attached hydrogens (tertiary/aromatic N) is 4. The lowest BCUT2D eigenvalue weighted by molar-refractivity contribution is -0.138. The second kappa shape index (κ2) is 11.8. The predicted molar refractivity (Wildman–Crippen MR) is 181 cm³/mol. The van der Waals surface area contributed by atoms with Crippen molar-refractivity contribution in [2.45, 2.75) is 82.7 Å². The largest absolute Gasteiger partial charge is 0.339 e. The van der Waals surface area contributed by atoms with Gasteiger partial charge < -0.3 is 14.4 Å². The summed E-state index contributed by atoms with van der Waals surface area (Å²) in [7, 11) is 0.972. The van der Waals surface area contributed by atoms with Crippen LogP contribution in [0.1, 0.15) is 91.6 Å². The zero-order valence-electron chi connectivity index (χ0n) is 27.6. The van der Waals surface area contributed by atoms with Gasteiger partial charge in [-0.25, -0.2) is 4.72 Å². The molecule has 2 aromatic carbocycles. The van der Waals surface area contributed by atoms with Crippen LogP contribution in [-0.4, -0.2) is 85.7 Å².